The van der Waals surface area contributed by atoms with Crippen LogP contribution < -0.4 is 5.32 Å². The van der Waals surface area contributed by atoms with Crippen molar-refractivity contribution in [2.45, 2.75) is 39.3 Å². The molecule has 1 unspecified atom stereocenters. The van der Waals surface area contributed by atoms with Gasteiger partial charge in [0.15, 0.2) is 0 Å². The lowest BCUT2D eigenvalue weighted by molar-refractivity contribution is 0.221. The van der Waals surface area contributed by atoms with Gasteiger partial charge in [-0.25, -0.2) is 8.78 Å². The summed E-state index contributed by atoms with van der Waals surface area (Å²) in [6.45, 7) is 8.30. The summed E-state index contributed by atoms with van der Waals surface area (Å²) in [6, 6.07) is 4.15. The maximum atomic E-state index is 13.2. The zero-order valence-electron chi connectivity index (χ0n) is 12.2. The van der Waals surface area contributed by atoms with Crippen LogP contribution in [0.5, 0.6) is 0 Å². The van der Waals surface area contributed by atoms with Gasteiger partial charge in [0.2, 0.25) is 0 Å². The van der Waals surface area contributed by atoms with Gasteiger partial charge in [0.05, 0.1) is 0 Å². The van der Waals surface area contributed by atoms with E-state index in [4.69, 9.17) is 0 Å². The third-order valence-electron chi connectivity index (χ3n) is 3.48. The number of hydrogen-bond donors (Lipinski definition) is 1. The summed E-state index contributed by atoms with van der Waals surface area (Å²) < 4.78 is 26.5. The summed E-state index contributed by atoms with van der Waals surface area (Å²) in [5.41, 5.74) is 0.666. The van der Waals surface area contributed by atoms with Crippen molar-refractivity contribution in [3.63, 3.8) is 0 Å². The minimum atomic E-state index is -0.522. The summed E-state index contributed by atoms with van der Waals surface area (Å²) in [5, 5.41) is 3.13. The van der Waals surface area contributed by atoms with Crippen LogP contribution in [0, 0.1) is 11.6 Å². The number of nitrogens with zero attached hydrogens (tertiary/aromatic N) is 1. The van der Waals surface area contributed by atoms with Crippen LogP contribution in [0.1, 0.15) is 38.8 Å². The summed E-state index contributed by atoms with van der Waals surface area (Å²) in [7, 11) is 1.82. The van der Waals surface area contributed by atoms with Crippen molar-refractivity contribution in [3.05, 3.63) is 35.4 Å². The Balaban J connectivity index is 2.72. The van der Waals surface area contributed by atoms with E-state index in [1.54, 1.807) is 0 Å². The SMILES string of the molecule is CCN(CCC(NC)c1cc(F)cc(F)c1)C(C)C. The maximum absolute atomic E-state index is 13.2. The highest BCUT2D eigenvalue weighted by atomic mass is 19.1. The van der Waals surface area contributed by atoms with E-state index in [9.17, 15) is 8.78 Å². The molecule has 0 aromatic heterocycles. The molecule has 0 spiro atoms. The highest BCUT2D eigenvalue weighted by Gasteiger charge is 2.14. The van der Waals surface area contributed by atoms with Crippen LogP contribution in [0.15, 0.2) is 18.2 Å². The van der Waals surface area contributed by atoms with Crippen molar-refractivity contribution in [1.82, 2.24) is 10.2 Å². The van der Waals surface area contributed by atoms with Crippen LogP contribution in [0.25, 0.3) is 0 Å². The summed E-state index contributed by atoms with van der Waals surface area (Å²) in [4.78, 5) is 2.33. The van der Waals surface area contributed by atoms with Gasteiger partial charge in [-0.2, -0.15) is 0 Å². The fourth-order valence-corrected chi connectivity index (χ4v) is 2.33. The van der Waals surface area contributed by atoms with Crippen molar-refractivity contribution in [2.24, 2.45) is 0 Å². The number of rotatable bonds is 7. The summed E-state index contributed by atoms with van der Waals surface area (Å²) in [6.07, 6.45) is 0.825. The van der Waals surface area contributed by atoms with Crippen molar-refractivity contribution in [3.8, 4) is 0 Å². The standard InChI is InChI=1S/C15H24F2N2/c1-5-19(11(2)3)7-6-15(18-4)12-8-13(16)10-14(17)9-12/h8-11,15,18H,5-7H2,1-4H3. The summed E-state index contributed by atoms with van der Waals surface area (Å²) >= 11 is 0. The number of benzene rings is 1. The molecule has 0 aliphatic carbocycles. The topological polar surface area (TPSA) is 15.3 Å². The van der Waals surface area contributed by atoms with E-state index in [1.165, 1.54) is 12.1 Å². The Kier molecular flexibility index (Phi) is 6.38. The molecule has 0 heterocycles. The molecule has 1 rings (SSSR count). The van der Waals surface area contributed by atoms with E-state index in [0.717, 1.165) is 25.6 Å². The molecule has 1 aromatic carbocycles. The molecule has 19 heavy (non-hydrogen) atoms. The molecular weight excluding hydrogens is 246 g/mol. The Bertz CT molecular complexity index is 373. The Morgan fingerprint density at radius 3 is 2.16 bits per heavy atom. The van der Waals surface area contributed by atoms with Gasteiger partial charge in [0.1, 0.15) is 11.6 Å². The second kappa shape index (κ2) is 7.56. The lowest BCUT2D eigenvalue weighted by atomic mass is 10.0. The van der Waals surface area contributed by atoms with E-state index in [-0.39, 0.29) is 6.04 Å². The van der Waals surface area contributed by atoms with E-state index >= 15 is 0 Å². The molecule has 108 valence electrons. The Hall–Kier alpha value is -1.00. The molecule has 0 bridgehead atoms. The van der Waals surface area contributed by atoms with Crippen LogP contribution in [0.3, 0.4) is 0 Å². The number of hydrogen-bond acceptors (Lipinski definition) is 2. The van der Waals surface area contributed by atoms with Crippen LogP contribution in [0.2, 0.25) is 0 Å². The van der Waals surface area contributed by atoms with Gasteiger partial charge in [-0.05, 0) is 51.6 Å². The number of nitrogens with one attached hydrogen (secondary N) is 1. The summed E-state index contributed by atoms with van der Waals surface area (Å²) in [5.74, 6) is -1.04. The minimum absolute atomic E-state index is 0.0296. The largest absolute Gasteiger partial charge is 0.313 e. The first-order chi connectivity index (χ1) is 8.97. The molecule has 0 aliphatic heterocycles. The molecule has 0 saturated carbocycles. The third kappa shape index (κ3) is 4.88. The molecule has 0 saturated heterocycles. The predicted molar refractivity (Wildman–Crippen MR) is 75.2 cm³/mol. The zero-order chi connectivity index (χ0) is 14.4. The van der Waals surface area contributed by atoms with E-state index in [0.29, 0.717) is 11.6 Å². The minimum Gasteiger partial charge on any atom is -0.313 e. The lowest BCUT2D eigenvalue weighted by Crippen LogP contribution is -2.33. The second-order valence-corrected chi connectivity index (χ2v) is 5.06. The Morgan fingerprint density at radius 2 is 1.74 bits per heavy atom. The molecule has 2 nitrogen and oxygen atoms in total. The smallest absolute Gasteiger partial charge is 0.126 e. The fourth-order valence-electron chi connectivity index (χ4n) is 2.33. The molecule has 0 radical (unpaired) electrons. The van der Waals surface area contributed by atoms with Gasteiger partial charge in [-0.3, -0.25) is 0 Å². The molecule has 1 N–H and O–H groups in total. The van der Waals surface area contributed by atoms with Crippen molar-refractivity contribution < 1.29 is 8.78 Å². The molecule has 0 aliphatic rings. The van der Waals surface area contributed by atoms with Gasteiger partial charge in [0, 0.05) is 24.7 Å². The highest BCUT2D eigenvalue weighted by molar-refractivity contribution is 5.21. The molecule has 0 fully saturated rings. The van der Waals surface area contributed by atoms with Crippen LogP contribution in [0.4, 0.5) is 8.78 Å². The lowest BCUT2D eigenvalue weighted by Gasteiger charge is -2.27. The quantitative estimate of drug-likeness (QED) is 0.817. The molecule has 1 atom stereocenters. The van der Waals surface area contributed by atoms with E-state index in [1.807, 2.05) is 7.05 Å². The van der Waals surface area contributed by atoms with Gasteiger partial charge in [0.25, 0.3) is 0 Å². The van der Waals surface area contributed by atoms with Crippen LogP contribution in [-0.2, 0) is 0 Å². The number of halogens is 2. The van der Waals surface area contributed by atoms with Gasteiger partial charge >= 0.3 is 0 Å². The first-order valence-electron chi connectivity index (χ1n) is 6.85. The normalized spacial score (nSPS) is 13.3. The van der Waals surface area contributed by atoms with Gasteiger partial charge < -0.3 is 10.2 Å². The first kappa shape index (κ1) is 16.1. The van der Waals surface area contributed by atoms with Gasteiger partial charge in [-0.15, -0.1) is 0 Å². The van der Waals surface area contributed by atoms with E-state index < -0.39 is 11.6 Å². The molecule has 4 heteroatoms. The Labute approximate surface area is 114 Å². The average Bonchev–Trinajstić information content (AvgIpc) is 2.33. The van der Waals surface area contributed by atoms with Crippen LogP contribution in [-0.4, -0.2) is 31.1 Å². The second-order valence-electron chi connectivity index (χ2n) is 5.06. The molecule has 0 amide bonds. The highest BCUT2D eigenvalue weighted by Crippen LogP contribution is 2.20. The van der Waals surface area contributed by atoms with Crippen molar-refractivity contribution >= 4 is 0 Å². The first-order valence-corrected chi connectivity index (χ1v) is 6.85. The van der Waals surface area contributed by atoms with Gasteiger partial charge in [-0.1, -0.05) is 6.92 Å². The van der Waals surface area contributed by atoms with Crippen molar-refractivity contribution in [1.29, 1.82) is 0 Å². The van der Waals surface area contributed by atoms with E-state index in [2.05, 4.69) is 31.0 Å². The molecular formula is C15H24F2N2. The fraction of sp³-hybridized carbons (Fsp3) is 0.600. The predicted octanol–water partition coefficient (Wildman–Crippen LogP) is 3.35. The Morgan fingerprint density at radius 1 is 1.16 bits per heavy atom. The van der Waals surface area contributed by atoms with Crippen LogP contribution >= 0.6 is 0 Å². The average molecular weight is 270 g/mol. The third-order valence-corrected chi connectivity index (χ3v) is 3.48. The zero-order valence-corrected chi connectivity index (χ0v) is 12.2. The van der Waals surface area contributed by atoms with Crippen molar-refractivity contribution in [2.75, 3.05) is 20.1 Å². The maximum Gasteiger partial charge on any atom is 0.126 e. The monoisotopic (exact) mass is 270 g/mol. The molecule has 1 aromatic rings.